The number of aromatic nitrogens is 2. The van der Waals surface area contributed by atoms with Crippen molar-refractivity contribution in [2.45, 2.75) is 0 Å². The fourth-order valence-electron chi connectivity index (χ4n) is 8.30. The van der Waals surface area contributed by atoms with E-state index in [2.05, 4.69) is 203 Å². The molecule has 0 N–H and O–H groups in total. The quantitative estimate of drug-likeness (QED) is 0.170. The summed E-state index contributed by atoms with van der Waals surface area (Å²) >= 11 is 1.90. The second kappa shape index (κ2) is 11.9. The van der Waals surface area contributed by atoms with Crippen LogP contribution in [0, 0.1) is 0 Å². The highest BCUT2D eigenvalue weighted by Crippen LogP contribution is 2.44. The fraction of sp³-hybridized carbons (Fsp3) is 0. The van der Waals surface area contributed by atoms with Gasteiger partial charge in [-0.2, -0.15) is 0 Å². The van der Waals surface area contributed by atoms with Crippen molar-refractivity contribution in [2.75, 3.05) is 0 Å². The number of hydrogen-bond acceptors (Lipinski definition) is 1. The van der Waals surface area contributed by atoms with Gasteiger partial charge >= 0.3 is 0 Å². The summed E-state index contributed by atoms with van der Waals surface area (Å²) in [7, 11) is 0. The summed E-state index contributed by atoms with van der Waals surface area (Å²) in [5.74, 6) is 0. The highest BCUT2D eigenvalue weighted by atomic mass is 32.1. The highest BCUT2D eigenvalue weighted by Gasteiger charge is 2.18. The van der Waals surface area contributed by atoms with E-state index < -0.39 is 0 Å². The number of thiophene rings is 1. The van der Waals surface area contributed by atoms with Crippen molar-refractivity contribution in [2.24, 2.45) is 0 Å². The van der Waals surface area contributed by atoms with Crippen LogP contribution in [0.4, 0.5) is 0 Å². The molecule has 11 aromatic rings. The minimum absolute atomic E-state index is 1.15. The number of nitrogens with zero attached hydrogens (tertiary/aromatic N) is 2. The lowest BCUT2D eigenvalue weighted by molar-refractivity contribution is 1.13. The Morgan fingerprint density at radius 2 is 0.887 bits per heavy atom. The molecule has 8 aromatic carbocycles. The van der Waals surface area contributed by atoms with Gasteiger partial charge in [0.1, 0.15) is 0 Å². The van der Waals surface area contributed by atoms with Crippen molar-refractivity contribution < 1.29 is 0 Å². The molecule has 0 bridgehead atoms. The van der Waals surface area contributed by atoms with Gasteiger partial charge < -0.3 is 9.13 Å². The van der Waals surface area contributed by atoms with Crippen LogP contribution in [-0.2, 0) is 0 Å². The molecule has 0 atom stereocenters. The third-order valence-corrected chi connectivity index (χ3v) is 12.1. The summed E-state index contributed by atoms with van der Waals surface area (Å²) in [5, 5.41) is 6.41. The van der Waals surface area contributed by atoms with Gasteiger partial charge in [-0.3, -0.25) is 0 Å². The Morgan fingerprint density at radius 3 is 1.58 bits per heavy atom. The molecular formula is C50H32N2S. The maximum absolute atomic E-state index is 2.41. The van der Waals surface area contributed by atoms with Gasteiger partial charge in [0.15, 0.2) is 0 Å². The highest BCUT2D eigenvalue weighted by molar-refractivity contribution is 7.26. The Labute approximate surface area is 311 Å². The zero-order valence-corrected chi connectivity index (χ0v) is 29.6. The Balaban J connectivity index is 0.991. The van der Waals surface area contributed by atoms with E-state index in [0.717, 1.165) is 5.69 Å². The standard InChI is InChI=1S/C50H32N2S/c1-3-11-33(12-4-1)34-21-23-35(24-22-34)39-16-9-18-43-44-19-10-17-40(50(44)53-49(39)43)36-25-27-37(28-26-36)51-32-31-45-46(51)30-29-42-41-15-7-8-20-47(41)52(48(42)45)38-13-5-2-6-14-38/h1-32H. The molecule has 3 heteroatoms. The van der Waals surface area contributed by atoms with E-state index in [9.17, 15) is 0 Å². The van der Waals surface area contributed by atoms with E-state index in [1.165, 1.54) is 91.9 Å². The van der Waals surface area contributed by atoms with Crippen molar-refractivity contribution in [3.8, 4) is 44.8 Å². The van der Waals surface area contributed by atoms with Crippen LogP contribution < -0.4 is 0 Å². The number of benzene rings is 8. The van der Waals surface area contributed by atoms with Gasteiger partial charge in [-0.25, -0.2) is 0 Å². The van der Waals surface area contributed by atoms with E-state index in [0.29, 0.717) is 0 Å². The van der Waals surface area contributed by atoms with Gasteiger partial charge in [-0.1, -0.05) is 146 Å². The minimum Gasteiger partial charge on any atom is -0.316 e. The van der Waals surface area contributed by atoms with E-state index in [1.807, 2.05) is 11.3 Å². The second-order valence-corrected chi connectivity index (χ2v) is 14.7. The maximum atomic E-state index is 2.41. The Bertz CT molecular complexity index is 3130. The first-order valence-electron chi connectivity index (χ1n) is 18.1. The van der Waals surface area contributed by atoms with Crippen LogP contribution in [0.3, 0.4) is 0 Å². The lowest BCUT2D eigenvalue weighted by Gasteiger charge is -2.10. The monoisotopic (exact) mass is 692 g/mol. The van der Waals surface area contributed by atoms with E-state index in [1.54, 1.807) is 0 Å². The lowest BCUT2D eigenvalue weighted by atomic mass is 9.98. The van der Waals surface area contributed by atoms with Crippen LogP contribution in [0.1, 0.15) is 0 Å². The molecular weight excluding hydrogens is 661 g/mol. The molecule has 3 heterocycles. The third kappa shape index (κ3) is 4.71. The molecule has 0 aliphatic carbocycles. The third-order valence-electron chi connectivity index (χ3n) is 10.8. The molecule has 53 heavy (non-hydrogen) atoms. The molecule has 0 fully saturated rings. The van der Waals surface area contributed by atoms with Crippen LogP contribution in [-0.4, -0.2) is 9.13 Å². The van der Waals surface area contributed by atoms with Crippen LogP contribution in [0.15, 0.2) is 194 Å². The summed E-state index contributed by atoms with van der Waals surface area (Å²) in [4.78, 5) is 0. The second-order valence-electron chi connectivity index (χ2n) is 13.7. The van der Waals surface area contributed by atoms with Crippen molar-refractivity contribution in [3.05, 3.63) is 194 Å². The number of fused-ring (bicyclic) bond motifs is 8. The topological polar surface area (TPSA) is 9.86 Å². The zero-order valence-electron chi connectivity index (χ0n) is 28.8. The van der Waals surface area contributed by atoms with Gasteiger partial charge in [-0.15, -0.1) is 11.3 Å². The molecule has 0 saturated carbocycles. The van der Waals surface area contributed by atoms with E-state index in [-0.39, 0.29) is 0 Å². The SMILES string of the molecule is c1ccc(-c2ccc(-c3cccc4c3sc3c(-c5ccc(-n6ccc7c6ccc6c8ccccc8n(-c8ccccc8)c67)cc5)cccc34)cc2)cc1. The zero-order chi connectivity index (χ0) is 34.9. The average Bonchev–Trinajstić information content (AvgIpc) is 3.94. The Morgan fingerprint density at radius 1 is 0.321 bits per heavy atom. The predicted molar refractivity (Wildman–Crippen MR) is 227 cm³/mol. The largest absolute Gasteiger partial charge is 0.316 e. The molecule has 0 saturated heterocycles. The van der Waals surface area contributed by atoms with Crippen LogP contribution in [0.2, 0.25) is 0 Å². The van der Waals surface area contributed by atoms with E-state index >= 15 is 0 Å². The molecule has 0 amide bonds. The first kappa shape index (κ1) is 30.0. The molecule has 0 aliphatic rings. The number of para-hydroxylation sites is 2. The van der Waals surface area contributed by atoms with Gasteiger partial charge in [-0.05, 0) is 75.8 Å². The summed E-state index contributed by atoms with van der Waals surface area (Å²) in [6.45, 7) is 0. The van der Waals surface area contributed by atoms with Gasteiger partial charge in [0.05, 0.1) is 16.6 Å². The molecule has 0 aliphatic heterocycles. The van der Waals surface area contributed by atoms with Gasteiger partial charge in [0.25, 0.3) is 0 Å². The van der Waals surface area contributed by atoms with Crippen LogP contribution in [0.25, 0.3) is 97.6 Å². The molecule has 0 radical (unpaired) electrons. The maximum Gasteiger partial charge on any atom is 0.0635 e. The normalized spacial score (nSPS) is 11.8. The Hall–Kier alpha value is -6.68. The summed E-state index contributed by atoms with van der Waals surface area (Å²) in [6, 6.07) is 68.4. The van der Waals surface area contributed by atoms with Crippen molar-refractivity contribution >= 4 is 64.2 Å². The Kier molecular flexibility index (Phi) is 6.76. The minimum atomic E-state index is 1.15. The van der Waals surface area contributed by atoms with Crippen molar-refractivity contribution in [1.82, 2.24) is 9.13 Å². The molecule has 248 valence electrons. The summed E-state index contributed by atoms with van der Waals surface area (Å²) in [5.41, 5.74) is 13.5. The predicted octanol–water partition coefficient (Wildman–Crippen LogP) is 14.1. The van der Waals surface area contributed by atoms with Crippen LogP contribution in [0.5, 0.6) is 0 Å². The number of rotatable bonds is 5. The van der Waals surface area contributed by atoms with E-state index in [4.69, 9.17) is 0 Å². The van der Waals surface area contributed by atoms with Gasteiger partial charge in [0.2, 0.25) is 0 Å². The lowest BCUT2D eigenvalue weighted by Crippen LogP contribution is -1.94. The van der Waals surface area contributed by atoms with Crippen LogP contribution >= 0.6 is 11.3 Å². The first-order chi connectivity index (χ1) is 26.3. The number of hydrogen-bond donors (Lipinski definition) is 0. The molecule has 3 aromatic heterocycles. The molecule has 2 nitrogen and oxygen atoms in total. The molecule has 11 rings (SSSR count). The summed E-state index contributed by atoms with van der Waals surface area (Å²) in [6.07, 6.45) is 2.22. The molecule has 0 spiro atoms. The molecule has 0 unspecified atom stereocenters. The first-order valence-corrected chi connectivity index (χ1v) is 18.9. The average molecular weight is 693 g/mol. The smallest absolute Gasteiger partial charge is 0.0635 e. The van der Waals surface area contributed by atoms with Crippen molar-refractivity contribution in [3.63, 3.8) is 0 Å². The fourth-order valence-corrected chi connectivity index (χ4v) is 9.67. The van der Waals surface area contributed by atoms with Crippen molar-refractivity contribution in [1.29, 1.82) is 0 Å². The van der Waals surface area contributed by atoms with Gasteiger partial charge in [0, 0.05) is 53.9 Å². The summed E-state index contributed by atoms with van der Waals surface area (Å²) < 4.78 is 7.39.